The number of nitrogens with one attached hydrogen (secondary N) is 1. The van der Waals surface area contributed by atoms with Crippen LogP contribution < -0.4 is 4.72 Å². The van der Waals surface area contributed by atoms with Gasteiger partial charge in [0.15, 0.2) is 0 Å². The fraction of sp³-hybridized carbons (Fsp3) is 0.417. The summed E-state index contributed by atoms with van der Waals surface area (Å²) in [6.07, 6.45) is 1.38. The third-order valence-corrected chi connectivity index (χ3v) is 4.81. The van der Waals surface area contributed by atoms with Crippen LogP contribution in [0.2, 0.25) is 5.02 Å². The molecule has 0 aliphatic heterocycles. The first kappa shape index (κ1) is 18.3. The maximum absolute atomic E-state index is 12.2. The van der Waals surface area contributed by atoms with Crippen LogP contribution in [-0.2, 0) is 14.8 Å². The summed E-state index contributed by atoms with van der Waals surface area (Å²) in [5.74, 6) is -1.30. The number of halogens is 1. The number of non-ortho nitro benzene ring substituents is 1. The first-order chi connectivity index (χ1) is 10.2. The second-order valence-corrected chi connectivity index (χ2v) is 6.62. The number of nitrogens with zero attached hydrogens (tertiary/aromatic N) is 1. The van der Waals surface area contributed by atoms with Gasteiger partial charge in [-0.2, -0.15) is 4.72 Å². The number of rotatable bonds is 8. The van der Waals surface area contributed by atoms with Gasteiger partial charge in [0.1, 0.15) is 10.9 Å². The lowest BCUT2D eigenvalue weighted by Crippen LogP contribution is -2.40. The Bertz CT molecular complexity index is 676. The summed E-state index contributed by atoms with van der Waals surface area (Å²) < 4.78 is 26.4. The van der Waals surface area contributed by atoms with Crippen molar-refractivity contribution in [2.45, 2.75) is 37.1 Å². The molecule has 8 nitrogen and oxygen atoms in total. The Hall–Kier alpha value is -1.71. The molecule has 0 bridgehead atoms. The zero-order valence-electron chi connectivity index (χ0n) is 11.7. The van der Waals surface area contributed by atoms with Gasteiger partial charge in [-0.15, -0.1) is 0 Å². The highest BCUT2D eigenvalue weighted by Gasteiger charge is 2.27. The predicted molar refractivity (Wildman–Crippen MR) is 79.4 cm³/mol. The van der Waals surface area contributed by atoms with Gasteiger partial charge in [0, 0.05) is 12.1 Å². The summed E-state index contributed by atoms with van der Waals surface area (Å²) in [5.41, 5.74) is -0.357. The Kier molecular flexibility index (Phi) is 6.27. The molecule has 1 aromatic carbocycles. The number of unbranched alkanes of at least 4 members (excludes halogenated alkanes) is 1. The van der Waals surface area contributed by atoms with Gasteiger partial charge < -0.3 is 5.11 Å². The number of hydrogen-bond acceptors (Lipinski definition) is 5. The highest BCUT2D eigenvalue weighted by atomic mass is 35.5. The van der Waals surface area contributed by atoms with E-state index in [2.05, 4.69) is 4.72 Å². The van der Waals surface area contributed by atoms with Crippen molar-refractivity contribution < 1.29 is 23.2 Å². The minimum Gasteiger partial charge on any atom is -0.480 e. The van der Waals surface area contributed by atoms with E-state index in [0.29, 0.717) is 12.8 Å². The van der Waals surface area contributed by atoms with Crippen LogP contribution in [0.5, 0.6) is 0 Å². The molecule has 122 valence electrons. The molecular formula is C12H15ClN2O6S. The van der Waals surface area contributed by atoms with Gasteiger partial charge in [-0.1, -0.05) is 31.4 Å². The number of nitro benzene ring substituents is 1. The highest BCUT2D eigenvalue weighted by Crippen LogP contribution is 2.26. The molecule has 10 heteroatoms. The molecule has 22 heavy (non-hydrogen) atoms. The van der Waals surface area contributed by atoms with Gasteiger partial charge in [-0.25, -0.2) is 8.42 Å². The summed E-state index contributed by atoms with van der Waals surface area (Å²) in [5, 5.41) is 19.3. The van der Waals surface area contributed by atoms with E-state index in [1.165, 1.54) is 0 Å². The van der Waals surface area contributed by atoms with Crippen molar-refractivity contribution in [1.29, 1.82) is 0 Å². The summed E-state index contributed by atoms with van der Waals surface area (Å²) in [7, 11) is -4.19. The monoisotopic (exact) mass is 350 g/mol. The molecule has 0 saturated carbocycles. The molecule has 1 rings (SSSR count). The number of carboxylic acids is 1. The van der Waals surface area contributed by atoms with Gasteiger partial charge >= 0.3 is 5.97 Å². The van der Waals surface area contributed by atoms with E-state index in [1.54, 1.807) is 0 Å². The van der Waals surface area contributed by atoms with E-state index in [9.17, 15) is 23.3 Å². The minimum absolute atomic E-state index is 0.135. The zero-order valence-corrected chi connectivity index (χ0v) is 13.2. The lowest BCUT2D eigenvalue weighted by molar-refractivity contribution is -0.384. The van der Waals surface area contributed by atoms with Crippen molar-refractivity contribution in [2.75, 3.05) is 0 Å². The van der Waals surface area contributed by atoms with E-state index >= 15 is 0 Å². The lowest BCUT2D eigenvalue weighted by atomic mass is 10.1. The summed E-state index contributed by atoms with van der Waals surface area (Å²) >= 11 is 5.75. The largest absolute Gasteiger partial charge is 0.480 e. The van der Waals surface area contributed by atoms with Crippen LogP contribution in [0.15, 0.2) is 23.1 Å². The van der Waals surface area contributed by atoms with E-state index in [-0.39, 0.29) is 17.1 Å². The number of benzene rings is 1. The van der Waals surface area contributed by atoms with E-state index in [4.69, 9.17) is 16.7 Å². The van der Waals surface area contributed by atoms with Crippen molar-refractivity contribution in [3.8, 4) is 0 Å². The first-order valence-corrected chi connectivity index (χ1v) is 8.24. The smallest absolute Gasteiger partial charge is 0.321 e. The molecule has 0 saturated heterocycles. The fourth-order valence-electron chi connectivity index (χ4n) is 1.71. The number of sulfonamides is 1. The van der Waals surface area contributed by atoms with Crippen LogP contribution in [0.1, 0.15) is 26.2 Å². The second-order valence-electron chi connectivity index (χ2n) is 4.53. The Balaban J connectivity index is 3.07. The molecule has 0 amide bonds. The molecule has 0 aliphatic rings. The molecule has 1 aromatic rings. The molecule has 0 aliphatic carbocycles. The van der Waals surface area contributed by atoms with Crippen molar-refractivity contribution in [3.63, 3.8) is 0 Å². The van der Waals surface area contributed by atoms with Crippen LogP contribution in [-0.4, -0.2) is 30.5 Å². The number of nitro groups is 1. The summed E-state index contributed by atoms with van der Waals surface area (Å²) in [4.78, 5) is 20.6. The molecule has 2 N–H and O–H groups in total. The number of hydrogen-bond donors (Lipinski definition) is 2. The lowest BCUT2D eigenvalue weighted by Gasteiger charge is -2.15. The number of carbonyl (C=O) groups is 1. The van der Waals surface area contributed by atoms with Gasteiger partial charge in [0.25, 0.3) is 5.69 Å². The predicted octanol–water partition coefficient (Wildman–Crippen LogP) is 2.17. The topological polar surface area (TPSA) is 127 Å². The van der Waals surface area contributed by atoms with Crippen molar-refractivity contribution in [1.82, 2.24) is 4.72 Å². The molecule has 0 unspecified atom stereocenters. The van der Waals surface area contributed by atoms with Crippen molar-refractivity contribution in [3.05, 3.63) is 33.3 Å². The van der Waals surface area contributed by atoms with E-state index in [0.717, 1.165) is 18.2 Å². The Labute approximate surface area is 132 Å². The van der Waals surface area contributed by atoms with Gasteiger partial charge in [-0.3, -0.25) is 14.9 Å². The summed E-state index contributed by atoms with van der Waals surface area (Å²) in [6, 6.07) is 1.58. The number of aliphatic carboxylic acids is 1. The third-order valence-electron chi connectivity index (χ3n) is 2.86. The SMILES string of the molecule is CCCC[C@H](NS(=O)(=O)c1ccc([N+](=O)[O-])cc1Cl)C(=O)O. The van der Waals surface area contributed by atoms with Gasteiger partial charge in [-0.05, 0) is 12.5 Å². The summed E-state index contributed by atoms with van der Waals surface area (Å²) in [6.45, 7) is 1.85. The second kappa shape index (κ2) is 7.52. The Morgan fingerprint density at radius 1 is 1.50 bits per heavy atom. The molecule has 0 spiro atoms. The Morgan fingerprint density at radius 2 is 2.14 bits per heavy atom. The molecule has 0 aromatic heterocycles. The van der Waals surface area contributed by atoms with Gasteiger partial charge in [0.05, 0.1) is 9.95 Å². The van der Waals surface area contributed by atoms with Crippen LogP contribution in [0.3, 0.4) is 0 Å². The van der Waals surface area contributed by atoms with Crippen LogP contribution in [0, 0.1) is 10.1 Å². The van der Waals surface area contributed by atoms with Crippen LogP contribution >= 0.6 is 11.6 Å². The third kappa shape index (κ3) is 4.65. The van der Waals surface area contributed by atoms with Gasteiger partial charge in [0.2, 0.25) is 10.0 Å². The van der Waals surface area contributed by atoms with E-state index in [1.807, 2.05) is 6.92 Å². The fourth-order valence-corrected chi connectivity index (χ4v) is 3.48. The van der Waals surface area contributed by atoms with Crippen LogP contribution in [0.25, 0.3) is 0 Å². The standard InChI is InChI=1S/C12H15ClN2O6S/c1-2-3-4-10(12(16)17)14-22(20,21)11-6-5-8(15(18)19)7-9(11)13/h5-7,10,14H,2-4H2,1H3,(H,16,17)/t10-/m0/s1. The van der Waals surface area contributed by atoms with E-state index < -0.39 is 31.9 Å². The average Bonchev–Trinajstić information content (AvgIpc) is 2.42. The van der Waals surface area contributed by atoms with Crippen LogP contribution in [0.4, 0.5) is 5.69 Å². The van der Waals surface area contributed by atoms with Crippen molar-refractivity contribution >= 4 is 33.3 Å². The maximum Gasteiger partial charge on any atom is 0.321 e. The zero-order chi connectivity index (χ0) is 16.9. The minimum atomic E-state index is -4.19. The quantitative estimate of drug-likeness (QED) is 0.546. The number of carboxylic acid groups (broad SMARTS) is 1. The van der Waals surface area contributed by atoms with Crippen molar-refractivity contribution in [2.24, 2.45) is 0 Å². The average molecular weight is 351 g/mol. The molecule has 0 heterocycles. The molecule has 1 atom stereocenters. The molecule has 0 fully saturated rings. The molecule has 0 radical (unpaired) electrons. The first-order valence-electron chi connectivity index (χ1n) is 6.38. The normalized spacial score (nSPS) is 12.8. The Morgan fingerprint density at radius 3 is 2.59 bits per heavy atom. The molecular weight excluding hydrogens is 336 g/mol. The highest BCUT2D eigenvalue weighted by molar-refractivity contribution is 7.89. The maximum atomic E-state index is 12.2.